The normalized spacial score (nSPS) is 13.5. The van der Waals surface area contributed by atoms with E-state index in [1.54, 1.807) is 23.9 Å². The number of rotatable bonds is 8. The van der Waals surface area contributed by atoms with E-state index in [1.807, 2.05) is 29.8 Å². The number of hydrogen-bond donors (Lipinski definition) is 2. The minimum atomic E-state index is -0.618. The van der Waals surface area contributed by atoms with Crippen LogP contribution >= 0.6 is 23.1 Å². The molecule has 0 aliphatic heterocycles. The van der Waals surface area contributed by atoms with Crippen LogP contribution in [0.4, 0.5) is 5.13 Å². The van der Waals surface area contributed by atoms with E-state index >= 15 is 0 Å². The minimum Gasteiger partial charge on any atom is -0.340 e. The first-order chi connectivity index (χ1) is 15.1. The maximum absolute atomic E-state index is 12.9. The Balaban J connectivity index is 1.44. The van der Waals surface area contributed by atoms with Crippen molar-refractivity contribution in [2.75, 3.05) is 17.3 Å². The summed E-state index contributed by atoms with van der Waals surface area (Å²) in [4.78, 5) is 30.1. The number of carbonyl (C=O) groups is 2. The molecule has 0 spiro atoms. The van der Waals surface area contributed by atoms with E-state index in [0.29, 0.717) is 17.1 Å². The molecule has 1 heterocycles. The Morgan fingerprint density at radius 2 is 1.94 bits per heavy atom. The molecule has 0 saturated heterocycles. The molecule has 0 radical (unpaired) electrons. The molecule has 1 aliphatic rings. The van der Waals surface area contributed by atoms with E-state index in [2.05, 4.69) is 33.8 Å². The number of hydrogen-bond acceptors (Lipinski definition) is 5. The van der Waals surface area contributed by atoms with Crippen molar-refractivity contribution in [3.63, 3.8) is 0 Å². The molecule has 1 aromatic heterocycles. The number of nitrogens with zero attached hydrogens (tertiary/aromatic N) is 1. The van der Waals surface area contributed by atoms with Crippen LogP contribution in [0.1, 0.15) is 34.3 Å². The third-order valence-corrected chi connectivity index (χ3v) is 6.80. The number of aromatic nitrogens is 1. The van der Waals surface area contributed by atoms with Gasteiger partial charge in [-0.1, -0.05) is 30.3 Å². The van der Waals surface area contributed by atoms with Gasteiger partial charge in [0.2, 0.25) is 5.91 Å². The van der Waals surface area contributed by atoms with Crippen molar-refractivity contribution < 1.29 is 9.59 Å². The lowest BCUT2D eigenvalue weighted by Gasteiger charge is -2.17. The lowest BCUT2D eigenvalue weighted by molar-refractivity contribution is -0.118. The summed E-state index contributed by atoms with van der Waals surface area (Å²) < 4.78 is 0. The third-order valence-electron chi connectivity index (χ3n) is 5.40. The molecule has 4 rings (SSSR count). The Labute approximate surface area is 190 Å². The van der Waals surface area contributed by atoms with Gasteiger partial charge in [0.1, 0.15) is 6.04 Å². The number of amides is 2. The van der Waals surface area contributed by atoms with Crippen LogP contribution in [0.3, 0.4) is 0 Å². The fourth-order valence-electron chi connectivity index (χ4n) is 3.72. The van der Waals surface area contributed by atoms with Crippen molar-refractivity contribution in [1.82, 2.24) is 10.3 Å². The highest BCUT2D eigenvalue weighted by molar-refractivity contribution is 7.98. The molecule has 2 N–H and O–H groups in total. The van der Waals surface area contributed by atoms with Gasteiger partial charge in [-0.05, 0) is 67.0 Å². The van der Waals surface area contributed by atoms with Crippen molar-refractivity contribution in [3.05, 3.63) is 70.6 Å². The fourth-order valence-corrected chi connectivity index (χ4v) is 4.92. The SMILES string of the molecule is CSCC[C@H](NC(=O)c1ccccc1)C(=O)Nc1nc(-c2ccc3c(c2)CCC3)cs1. The molecular weight excluding hydrogens is 426 g/mol. The second kappa shape index (κ2) is 10.1. The molecule has 0 fully saturated rings. The molecule has 1 atom stereocenters. The van der Waals surface area contributed by atoms with Gasteiger partial charge >= 0.3 is 0 Å². The van der Waals surface area contributed by atoms with E-state index in [0.717, 1.165) is 29.9 Å². The highest BCUT2D eigenvalue weighted by Crippen LogP contribution is 2.30. The standard InChI is InChI=1S/C24H25N3O2S2/c1-30-13-12-20(25-22(28)17-6-3-2-4-7-17)23(29)27-24-26-21(15-31-24)19-11-10-16-8-5-9-18(16)14-19/h2-4,6-7,10-11,14-15,20H,5,8-9,12-13H2,1H3,(H,25,28)(H,26,27,29)/t20-/m0/s1. The summed E-state index contributed by atoms with van der Waals surface area (Å²) in [6, 6.07) is 14.8. The van der Waals surface area contributed by atoms with Gasteiger partial charge in [0.05, 0.1) is 5.69 Å². The highest BCUT2D eigenvalue weighted by atomic mass is 32.2. The molecule has 7 heteroatoms. The quantitative estimate of drug-likeness (QED) is 0.517. The van der Waals surface area contributed by atoms with Crippen molar-refractivity contribution in [2.45, 2.75) is 31.7 Å². The number of aryl methyl sites for hydroxylation is 2. The van der Waals surface area contributed by atoms with Crippen molar-refractivity contribution >= 4 is 40.0 Å². The summed E-state index contributed by atoms with van der Waals surface area (Å²) >= 11 is 3.04. The van der Waals surface area contributed by atoms with E-state index in [-0.39, 0.29) is 11.8 Å². The second-order valence-corrected chi connectivity index (χ2v) is 9.38. The smallest absolute Gasteiger partial charge is 0.251 e. The second-order valence-electron chi connectivity index (χ2n) is 7.54. The van der Waals surface area contributed by atoms with Crippen LogP contribution in [0.5, 0.6) is 0 Å². The molecule has 3 aromatic rings. The molecule has 0 unspecified atom stereocenters. The molecule has 0 saturated carbocycles. The highest BCUT2D eigenvalue weighted by Gasteiger charge is 2.22. The van der Waals surface area contributed by atoms with Crippen LogP contribution in [0, 0.1) is 0 Å². The predicted molar refractivity (Wildman–Crippen MR) is 129 cm³/mol. The lowest BCUT2D eigenvalue weighted by Crippen LogP contribution is -2.44. The van der Waals surface area contributed by atoms with Crippen molar-refractivity contribution in [2.24, 2.45) is 0 Å². The Morgan fingerprint density at radius 3 is 2.74 bits per heavy atom. The number of thioether (sulfide) groups is 1. The van der Waals surface area contributed by atoms with Crippen LogP contribution in [0.25, 0.3) is 11.3 Å². The molecule has 2 aromatic carbocycles. The molecule has 31 heavy (non-hydrogen) atoms. The zero-order valence-corrected chi connectivity index (χ0v) is 19.0. The summed E-state index contributed by atoms with van der Waals surface area (Å²) in [6.45, 7) is 0. The molecule has 0 bridgehead atoms. The molecule has 160 valence electrons. The maximum Gasteiger partial charge on any atom is 0.251 e. The fraction of sp³-hybridized carbons (Fsp3) is 0.292. The Kier molecular flexibility index (Phi) is 7.04. The summed E-state index contributed by atoms with van der Waals surface area (Å²) in [5.74, 6) is 0.277. The average molecular weight is 452 g/mol. The van der Waals surface area contributed by atoms with E-state index in [4.69, 9.17) is 0 Å². The molecular formula is C24H25N3O2S2. The van der Waals surface area contributed by atoms with Gasteiger partial charge in [-0.25, -0.2) is 4.98 Å². The molecule has 2 amide bonds. The van der Waals surface area contributed by atoms with Crippen molar-refractivity contribution in [1.29, 1.82) is 0 Å². The predicted octanol–water partition coefficient (Wildman–Crippen LogP) is 4.79. The molecule has 5 nitrogen and oxygen atoms in total. The lowest BCUT2D eigenvalue weighted by atomic mass is 10.1. The Morgan fingerprint density at radius 1 is 1.13 bits per heavy atom. The summed E-state index contributed by atoms with van der Waals surface area (Å²) in [5.41, 5.74) is 5.31. The van der Waals surface area contributed by atoms with Gasteiger partial charge in [0, 0.05) is 16.5 Å². The summed E-state index contributed by atoms with van der Waals surface area (Å²) in [6.07, 6.45) is 6.02. The minimum absolute atomic E-state index is 0.242. The maximum atomic E-state index is 12.9. The van der Waals surface area contributed by atoms with Crippen LogP contribution < -0.4 is 10.6 Å². The van der Waals surface area contributed by atoms with Gasteiger partial charge in [0.15, 0.2) is 5.13 Å². The first-order valence-electron chi connectivity index (χ1n) is 10.4. The number of nitrogens with one attached hydrogen (secondary N) is 2. The van der Waals surface area contributed by atoms with Gasteiger partial charge in [0.25, 0.3) is 5.91 Å². The van der Waals surface area contributed by atoms with Gasteiger partial charge in [-0.2, -0.15) is 11.8 Å². The Hall–Kier alpha value is -2.64. The third kappa shape index (κ3) is 5.35. The van der Waals surface area contributed by atoms with Crippen LogP contribution in [-0.2, 0) is 17.6 Å². The Bertz CT molecular complexity index is 1070. The van der Waals surface area contributed by atoms with Crippen molar-refractivity contribution in [3.8, 4) is 11.3 Å². The average Bonchev–Trinajstić information content (AvgIpc) is 3.45. The largest absolute Gasteiger partial charge is 0.340 e. The van der Waals surface area contributed by atoms with Gasteiger partial charge < -0.3 is 10.6 Å². The van der Waals surface area contributed by atoms with E-state index in [1.165, 1.54) is 28.9 Å². The number of fused-ring (bicyclic) bond motifs is 1. The van der Waals surface area contributed by atoms with Crippen LogP contribution in [-0.4, -0.2) is 34.8 Å². The summed E-state index contributed by atoms with van der Waals surface area (Å²) in [7, 11) is 0. The summed E-state index contributed by atoms with van der Waals surface area (Å²) in [5, 5.41) is 8.27. The number of anilines is 1. The number of thiazole rings is 1. The van der Waals surface area contributed by atoms with Gasteiger partial charge in [-0.3, -0.25) is 9.59 Å². The van der Waals surface area contributed by atoms with Gasteiger partial charge in [-0.15, -0.1) is 11.3 Å². The zero-order valence-electron chi connectivity index (χ0n) is 17.4. The first kappa shape index (κ1) is 21.6. The van der Waals surface area contributed by atoms with E-state index < -0.39 is 6.04 Å². The number of benzene rings is 2. The number of carbonyl (C=O) groups excluding carboxylic acids is 2. The zero-order chi connectivity index (χ0) is 21.6. The van der Waals surface area contributed by atoms with Crippen LogP contribution in [0.2, 0.25) is 0 Å². The van der Waals surface area contributed by atoms with E-state index in [9.17, 15) is 9.59 Å². The monoisotopic (exact) mass is 451 g/mol. The molecule has 1 aliphatic carbocycles. The first-order valence-corrected chi connectivity index (χ1v) is 12.6. The topological polar surface area (TPSA) is 71.1 Å². The van der Waals surface area contributed by atoms with Crippen LogP contribution in [0.15, 0.2) is 53.9 Å².